The third-order valence-corrected chi connectivity index (χ3v) is 3.35. The van der Waals surface area contributed by atoms with Crippen molar-refractivity contribution >= 4 is 17.5 Å². The number of hydrogen-bond acceptors (Lipinski definition) is 4. The van der Waals surface area contributed by atoms with E-state index in [0.717, 1.165) is 0 Å². The second-order valence-corrected chi connectivity index (χ2v) is 5.25. The highest BCUT2D eigenvalue weighted by molar-refractivity contribution is 6.29. The summed E-state index contributed by atoms with van der Waals surface area (Å²) in [6, 6.07) is -0.164. The number of nitrogens with one attached hydrogen (secondary N) is 1. The molecule has 0 spiro atoms. The van der Waals surface area contributed by atoms with Gasteiger partial charge in [0.25, 0.3) is 5.91 Å². The molecule has 1 saturated heterocycles. The van der Waals surface area contributed by atoms with Gasteiger partial charge in [-0.1, -0.05) is 11.6 Å². The third kappa shape index (κ3) is 5.13. The van der Waals surface area contributed by atoms with Gasteiger partial charge in [-0.05, 0) is 12.8 Å². The van der Waals surface area contributed by atoms with Crippen molar-refractivity contribution in [3.8, 4) is 0 Å². The van der Waals surface area contributed by atoms with Crippen molar-refractivity contribution in [2.75, 3.05) is 19.6 Å². The molecule has 1 aliphatic heterocycles. The van der Waals surface area contributed by atoms with Crippen molar-refractivity contribution in [2.45, 2.75) is 25.1 Å². The number of likely N-dealkylation sites (tertiary alicyclic amines) is 1. The first-order valence-corrected chi connectivity index (χ1v) is 6.79. The van der Waals surface area contributed by atoms with Crippen LogP contribution >= 0.6 is 11.6 Å². The van der Waals surface area contributed by atoms with Gasteiger partial charge in [-0.25, -0.2) is 4.98 Å². The molecule has 116 valence electrons. The van der Waals surface area contributed by atoms with Crippen LogP contribution in [0.3, 0.4) is 0 Å². The van der Waals surface area contributed by atoms with Gasteiger partial charge in [-0.3, -0.25) is 14.7 Å². The second-order valence-electron chi connectivity index (χ2n) is 4.87. The van der Waals surface area contributed by atoms with Crippen molar-refractivity contribution in [3.05, 3.63) is 23.2 Å². The lowest BCUT2D eigenvalue weighted by Gasteiger charge is -2.32. The predicted molar refractivity (Wildman–Crippen MR) is 70.0 cm³/mol. The van der Waals surface area contributed by atoms with Crippen LogP contribution < -0.4 is 5.32 Å². The zero-order valence-electron chi connectivity index (χ0n) is 11.0. The Hall–Kier alpha value is -1.41. The summed E-state index contributed by atoms with van der Waals surface area (Å²) in [5.74, 6) is -0.417. The largest absolute Gasteiger partial charge is 0.401 e. The molecule has 0 atom stereocenters. The molecule has 0 saturated carbocycles. The molecule has 0 aliphatic carbocycles. The number of nitrogens with zero attached hydrogens (tertiary/aromatic N) is 3. The molecular weight excluding hydrogens is 309 g/mol. The number of amides is 1. The van der Waals surface area contributed by atoms with Gasteiger partial charge in [0.05, 0.1) is 18.9 Å². The van der Waals surface area contributed by atoms with Crippen molar-refractivity contribution < 1.29 is 18.0 Å². The van der Waals surface area contributed by atoms with Crippen LogP contribution in [0.4, 0.5) is 13.2 Å². The number of carbonyl (C=O) groups excluding carboxylic acids is 1. The van der Waals surface area contributed by atoms with E-state index in [2.05, 4.69) is 15.3 Å². The lowest BCUT2D eigenvalue weighted by molar-refractivity contribution is -0.148. The van der Waals surface area contributed by atoms with Crippen molar-refractivity contribution in [2.24, 2.45) is 0 Å². The summed E-state index contributed by atoms with van der Waals surface area (Å²) in [7, 11) is 0. The molecule has 5 nitrogen and oxygen atoms in total. The minimum atomic E-state index is -4.19. The van der Waals surface area contributed by atoms with Gasteiger partial charge in [0.15, 0.2) is 0 Å². The Balaban J connectivity index is 1.82. The number of aromatic nitrogens is 2. The zero-order chi connectivity index (χ0) is 15.5. The molecule has 1 amide bonds. The van der Waals surface area contributed by atoms with Crippen LogP contribution in [0.5, 0.6) is 0 Å². The lowest BCUT2D eigenvalue weighted by atomic mass is 10.0. The summed E-state index contributed by atoms with van der Waals surface area (Å²) in [6.07, 6.45) is -0.647. The van der Waals surface area contributed by atoms with E-state index in [-0.39, 0.29) is 16.9 Å². The van der Waals surface area contributed by atoms with Crippen LogP contribution in [0.15, 0.2) is 12.4 Å². The minimum absolute atomic E-state index is 0.0974. The molecule has 1 aliphatic rings. The van der Waals surface area contributed by atoms with Gasteiger partial charge in [-0.2, -0.15) is 13.2 Å². The molecule has 1 aromatic rings. The molecule has 0 bridgehead atoms. The Kier molecular flexibility index (Phi) is 5.00. The molecule has 1 N–H and O–H groups in total. The average molecular weight is 323 g/mol. The van der Waals surface area contributed by atoms with E-state index in [1.807, 2.05) is 0 Å². The summed E-state index contributed by atoms with van der Waals surface area (Å²) in [6.45, 7) is -0.315. The number of hydrogen-bond donors (Lipinski definition) is 1. The molecule has 1 fully saturated rings. The third-order valence-electron chi connectivity index (χ3n) is 3.16. The maximum atomic E-state index is 12.3. The topological polar surface area (TPSA) is 58.1 Å². The van der Waals surface area contributed by atoms with Gasteiger partial charge in [0, 0.05) is 19.1 Å². The van der Waals surface area contributed by atoms with Crippen LogP contribution in [0, 0.1) is 0 Å². The summed E-state index contributed by atoms with van der Waals surface area (Å²) in [5.41, 5.74) is 0.0974. The molecule has 0 aromatic carbocycles. The molecule has 2 heterocycles. The van der Waals surface area contributed by atoms with Crippen LogP contribution in [-0.2, 0) is 0 Å². The van der Waals surface area contributed by atoms with Crippen LogP contribution in [0.1, 0.15) is 23.3 Å². The van der Waals surface area contributed by atoms with Crippen molar-refractivity contribution in [3.63, 3.8) is 0 Å². The number of rotatable bonds is 3. The summed E-state index contributed by atoms with van der Waals surface area (Å²) in [5, 5.41) is 2.85. The Morgan fingerprint density at radius 1 is 1.38 bits per heavy atom. The van der Waals surface area contributed by atoms with E-state index in [0.29, 0.717) is 25.9 Å². The quantitative estimate of drug-likeness (QED) is 0.923. The summed E-state index contributed by atoms with van der Waals surface area (Å²) >= 11 is 5.65. The number of halogens is 4. The number of carbonyl (C=O) groups is 1. The fourth-order valence-corrected chi connectivity index (χ4v) is 2.35. The van der Waals surface area contributed by atoms with Gasteiger partial charge in [-0.15, -0.1) is 0 Å². The van der Waals surface area contributed by atoms with E-state index in [1.54, 1.807) is 0 Å². The Bertz CT molecular complexity index is 504. The van der Waals surface area contributed by atoms with Crippen LogP contribution in [0.25, 0.3) is 0 Å². The highest BCUT2D eigenvalue weighted by atomic mass is 35.5. The van der Waals surface area contributed by atoms with E-state index < -0.39 is 18.6 Å². The molecule has 0 unspecified atom stereocenters. The molecule has 1 aromatic heterocycles. The first kappa shape index (κ1) is 16.0. The summed E-state index contributed by atoms with van der Waals surface area (Å²) < 4.78 is 36.8. The van der Waals surface area contributed by atoms with Crippen LogP contribution in [-0.4, -0.2) is 52.6 Å². The lowest BCUT2D eigenvalue weighted by Crippen LogP contribution is -2.47. The molecule has 2 rings (SSSR count). The van der Waals surface area contributed by atoms with Gasteiger partial charge < -0.3 is 5.32 Å². The van der Waals surface area contributed by atoms with E-state index in [1.165, 1.54) is 17.3 Å². The highest BCUT2D eigenvalue weighted by Gasteiger charge is 2.32. The highest BCUT2D eigenvalue weighted by Crippen LogP contribution is 2.19. The van der Waals surface area contributed by atoms with Gasteiger partial charge in [0.1, 0.15) is 10.8 Å². The van der Waals surface area contributed by atoms with Crippen molar-refractivity contribution in [1.29, 1.82) is 0 Å². The molecule has 0 radical (unpaired) electrons. The first-order chi connectivity index (χ1) is 9.83. The maximum absolute atomic E-state index is 12.3. The fourth-order valence-electron chi connectivity index (χ4n) is 2.20. The zero-order valence-corrected chi connectivity index (χ0v) is 11.8. The summed E-state index contributed by atoms with van der Waals surface area (Å²) in [4.78, 5) is 20.8. The Morgan fingerprint density at radius 2 is 2.05 bits per heavy atom. The first-order valence-electron chi connectivity index (χ1n) is 6.41. The minimum Gasteiger partial charge on any atom is -0.348 e. The fraction of sp³-hybridized carbons (Fsp3) is 0.583. The van der Waals surface area contributed by atoms with Crippen molar-refractivity contribution in [1.82, 2.24) is 20.2 Å². The van der Waals surface area contributed by atoms with Crippen LogP contribution in [0.2, 0.25) is 5.15 Å². The average Bonchev–Trinajstić information content (AvgIpc) is 2.39. The maximum Gasteiger partial charge on any atom is 0.401 e. The molecule has 9 heteroatoms. The van der Waals surface area contributed by atoms with Gasteiger partial charge >= 0.3 is 6.18 Å². The predicted octanol–water partition coefficient (Wildman–Crippen LogP) is 1.89. The Labute approximate surface area is 124 Å². The Morgan fingerprint density at radius 3 is 2.62 bits per heavy atom. The SMILES string of the molecule is O=C(NC1CCN(CC(F)(F)F)CC1)c1cncc(Cl)n1. The molecule has 21 heavy (non-hydrogen) atoms. The van der Waals surface area contributed by atoms with Gasteiger partial charge in [0.2, 0.25) is 0 Å². The normalized spacial score (nSPS) is 17.7. The number of alkyl halides is 3. The standard InChI is InChI=1S/C12H14ClF3N4O/c13-10-6-17-5-9(19-10)11(21)18-8-1-3-20(4-2-8)7-12(14,15)16/h5-6,8H,1-4,7H2,(H,18,21). The number of piperidine rings is 1. The van der Waals surface area contributed by atoms with E-state index in [9.17, 15) is 18.0 Å². The second kappa shape index (κ2) is 6.57. The molecular formula is C12H14ClF3N4O. The van der Waals surface area contributed by atoms with E-state index >= 15 is 0 Å². The van der Waals surface area contributed by atoms with E-state index in [4.69, 9.17) is 11.6 Å². The monoisotopic (exact) mass is 322 g/mol. The smallest absolute Gasteiger partial charge is 0.348 e.